The number of hydrogen-bond donors (Lipinski definition) is 0. The zero-order valence-electron chi connectivity index (χ0n) is 16.3. The van der Waals surface area contributed by atoms with Crippen LogP contribution in [0, 0.1) is 19.7 Å². The average molecular weight is 384 g/mol. The van der Waals surface area contributed by atoms with Gasteiger partial charge < -0.3 is 14.5 Å². The molecule has 0 aromatic heterocycles. The largest absolute Gasteiger partial charge is 0.493 e. The van der Waals surface area contributed by atoms with Gasteiger partial charge in [-0.1, -0.05) is 12.1 Å². The predicted molar refractivity (Wildman–Crippen MR) is 105 cm³/mol. The van der Waals surface area contributed by atoms with Gasteiger partial charge >= 0.3 is 0 Å². The van der Waals surface area contributed by atoms with Gasteiger partial charge in [0.1, 0.15) is 11.6 Å². The number of hydrogen-bond acceptors (Lipinski definition) is 3. The predicted octanol–water partition coefficient (Wildman–Crippen LogP) is 3.20. The maximum atomic E-state index is 13.0. The number of ether oxygens (including phenoxy) is 1. The van der Waals surface area contributed by atoms with E-state index in [1.807, 2.05) is 32.0 Å². The first-order valence-corrected chi connectivity index (χ1v) is 9.47. The molecule has 0 spiro atoms. The quantitative estimate of drug-likeness (QED) is 0.796. The summed E-state index contributed by atoms with van der Waals surface area (Å²) in [6.07, 6.45) is 0.305. The summed E-state index contributed by atoms with van der Waals surface area (Å²) >= 11 is 0. The van der Waals surface area contributed by atoms with E-state index in [4.69, 9.17) is 4.74 Å². The van der Waals surface area contributed by atoms with Crippen LogP contribution in [0.3, 0.4) is 0 Å². The van der Waals surface area contributed by atoms with E-state index in [-0.39, 0.29) is 17.6 Å². The SMILES string of the molecule is Cc1cccc(OCCC(=O)N2CCN(C(=O)c3ccc(F)cc3)CC2)c1C. The third-order valence-electron chi connectivity index (χ3n) is 5.14. The fraction of sp³-hybridized carbons (Fsp3) is 0.364. The maximum Gasteiger partial charge on any atom is 0.253 e. The van der Waals surface area contributed by atoms with E-state index >= 15 is 0 Å². The van der Waals surface area contributed by atoms with Crippen molar-refractivity contribution in [2.45, 2.75) is 20.3 Å². The van der Waals surface area contributed by atoms with Gasteiger partial charge in [-0.05, 0) is 55.3 Å². The molecule has 0 atom stereocenters. The Bertz CT molecular complexity index is 843. The molecule has 6 heteroatoms. The molecule has 3 rings (SSSR count). The number of halogens is 1. The van der Waals surface area contributed by atoms with Crippen LogP contribution in [-0.2, 0) is 4.79 Å². The van der Waals surface area contributed by atoms with E-state index in [0.717, 1.165) is 16.9 Å². The van der Waals surface area contributed by atoms with Crippen LogP contribution in [0.15, 0.2) is 42.5 Å². The molecule has 148 valence electrons. The molecule has 2 amide bonds. The lowest BCUT2D eigenvalue weighted by molar-refractivity contribution is -0.133. The first-order valence-electron chi connectivity index (χ1n) is 9.47. The van der Waals surface area contributed by atoms with E-state index in [1.54, 1.807) is 9.80 Å². The molecule has 0 radical (unpaired) electrons. The van der Waals surface area contributed by atoms with Crippen LogP contribution >= 0.6 is 0 Å². The molecular formula is C22H25FN2O3. The Labute approximate surface area is 164 Å². The van der Waals surface area contributed by atoms with E-state index in [1.165, 1.54) is 24.3 Å². The number of piperazine rings is 1. The number of carbonyl (C=O) groups is 2. The zero-order valence-corrected chi connectivity index (χ0v) is 16.3. The van der Waals surface area contributed by atoms with Crippen LogP contribution in [-0.4, -0.2) is 54.4 Å². The third kappa shape index (κ3) is 4.68. The number of nitrogens with zero attached hydrogens (tertiary/aromatic N) is 2. The van der Waals surface area contributed by atoms with Gasteiger partial charge in [0.25, 0.3) is 5.91 Å². The number of carbonyl (C=O) groups excluding carboxylic acids is 2. The highest BCUT2D eigenvalue weighted by molar-refractivity contribution is 5.94. The van der Waals surface area contributed by atoms with Crippen LogP contribution in [0.5, 0.6) is 5.75 Å². The minimum atomic E-state index is -0.366. The van der Waals surface area contributed by atoms with Gasteiger partial charge in [-0.15, -0.1) is 0 Å². The first-order chi connectivity index (χ1) is 13.5. The summed E-state index contributed by atoms with van der Waals surface area (Å²) in [6.45, 7) is 6.30. The van der Waals surface area contributed by atoms with Gasteiger partial charge in [0.15, 0.2) is 0 Å². The molecule has 1 aliphatic rings. The van der Waals surface area contributed by atoms with Gasteiger partial charge in [0, 0.05) is 31.7 Å². The molecule has 0 unspecified atom stereocenters. The normalized spacial score (nSPS) is 14.1. The number of benzene rings is 2. The molecule has 1 aliphatic heterocycles. The molecule has 28 heavy (non-hydrogen) atoms. The minimum absolute atomic E-state index is 0.0270. The Kier molecular flexibility index (Phi) is 6.29. The Morgan fingerprint density at radius 1 is 0.964 bits per heavy atom. The Morgan fingerprint density at radius 2 is 1.61 bits per heavy atom. The Balaban J connectivity index is 1.45. The van der Waals surface area contributed by atoms with Crippen molar-refractivity contribution >= 4 is 11.8 Å². The molecule has 1 fully saturated rings. The summed E-state index contributed by atoms with van der Waals surface area (Å²) in [7, 11) is 0. The second-order valence-corrected chi connectivity index (χ2v) is 6.98. The molecule has 0 N–H and O–H groups in total. The highest BCUT2D eigenvalue weighted by Crippen LogP contribution is 2.20. The number of rotatable bonds is 5. The van der Waals surface area contributed by atoms with Crippen molar-refractivity contribution < 1.29 is 18.7 Å². The van der Waals surface area contributed by atoms with Crippen molar-refractivity contribution in [3.63, 3.8) is 0 Å². The van der Waals surface area contributed by atoms with Crippen LogP contribution in [0.2, 0.25) is 0 Å². The lowest BCUT2D eigenvalue weighted by Gasteiger charge is -2.35. The van der Waals surface area contributed by atoms with Gasteiger partial charge in [-0.2, -0.15) is 0 Å². The summed E-state index contributed by atoms with van der Waals surface area (Å²) in [4.78, 5) is 28.3. The van der Waals surface area contributed by atoms with E-state index in [9.17, 15) is 14.0 Å². The van der Waals surface area contributed by atoms with Crippen molar-refractivity contribution in [3.8, 4) is 5.75 Å². The van der Waals surface area contributed by atoms with Gasteiger partial charge in [-0.3, -0.25) is 9.59 Å². The highest BCUT2D eigenvalue weighted by atomic mass is 19.1. The molecule has 2 aromatic carbocycles. The van der Waals surface area contributed by atoms with Crippen molar-refractivity contribution in [3.05, 3.63) is 65.0 Å². The van der Waals surface area contributed by atoms with Crippen molar-refractivity contribution in [2.75, 3.05) is 32.8 Å². The Hall–Kier alpha value is -2.89. The molecular weight excluding hydrogens is 359 g/mol. The molecule has 1 saturated heterocycles. The summed E-state index contributed by atoms with van der Waals surface area (Å²) in [6, 6.07) is 11.4. The van der Waals surface area contributed by atoms with Gasteiger partial charge in [0.2, 0.25) is 5.91 Å². The molecule has 5 nitrogen and oxygen atoms in total. The third-order valence-corrected chi connectivity index (χ3v) is 5.14. The Morgan fingerprint density at radius 3 is 2.29 bits per heavy atom. The van der Waals surface area contributed by atoms with Crippen LogP contribution in [0.1, 0.15) is 27.9 Å². The van der Waals surface area contributed by atoms with E-state index in [2.05, 4.69) is 0 Å². The van der Waals surface area contributed by atoms with Crippen molar-refractivity contribution in [1.29, 1.82) is 0 Å². The van der Waals surface area contributed by atoms with Crippen LogP contribution in [0.25, 0.3) is 0 Å². The zero-order chi connectivity index (χ0) is 20.1. The molecule has 0 aliphatic carbocycles. The van der Waals surface area contributed by atoms with Gasteiger partial charge in [-0.25, -0.2) is 4.39 Å². The van der Waals surface area contributed by atoms with E-state index in [0.29, 0.717) is 44.8 Å². The summed E-state index contributed by atoms with van der Waals surface area (Å²) in [5.74, 6) is 0.335. The second-order valence-electron chi connectivity index (χ2n) is 6.98. The lowest BCUT2D eigenvalue weighted by atomic mass is 10.1. The van der Waals surface area contributed by atoms with E-state index < -0.39 is 0 Å². The maximum absolute atomic E-state index is 13.0. The number of aryl methyl sites for hydroxylation is 1. The summed E-state index contributed by atoms with van der Waals surface area (Å²) in [5, 5.41) is 0. The van der Waals surface area contributed by atoms with Crippen molar-refractivity contribution in [2.24, 2.45) is 0 Å². The lowest BCUT2D eigenvalue weighted by Crippen LogP contribution is -2.50. The number of amides is 2. The van der Waals surface area contributed by atoms with Crippen molar-refractivity contribution in [1.82, 2.24) is 9.80 Å². The topological polar surface area (TPSA) is 49.9 Å². The minimum Gasteiger partial charge on any atom is -0.493 e. The summed E-state index contributed by atoms with van der Waals surface area (Å²) in [5.41, 5.74) is 2.71. The van der Waals surface area contributed by atoms with Crippen LogP contribution < -0.4 is 4.74 Å². The fourth-order valence-electron chi connectivity index (χ4n) is 3.22. The van der Waals surface area contributed by atoms with Gasteiger partial charge in [0.05, 0.1) is 13.0 Å². The fourth-order valence-corrected chi connectivity index (χ4v) is 3.22. The monoisotopic (exact) mass is 384 g/mol. The molecule has 2 aromatic rings. The van der Waals surface area contributed by atoms with Crippen LogP contribution in [0.4, 0.5) is 4.39 Å². The average Bonchev–Trinajstić information content (AvgIpc) is 2.71. The smallest absolute Gasteiger partial charge is 0.253 e. The first kappa shape index (κ1) is 19.9. The standard InChI is InChI=1S/C22H25FN2O3/c1-16-4-3-5-20(17(16)2)28-15-10-21(26)24-11-13-25(14-12-24)22(27)18-6-8-19(23)9-7-18/h3-9H,10-15H2,1-2H3. The molecule has 1 heterocycles. The molecule has 0 bridgehead atoms. The summed E-state index contributed by atoms with van der Waals surface area (Å²) < 4.78 is 18.8. The second kappa shape index (κ2) is 8.87. The molecule has 0 saturated carbocycles. The highest BCUT2D eigenvalue weighted by Gasteiger charge is 2.24.